The van der Waals surface area contributed by atoms with E-state index in [0.29, 0.717) is 0 Å². The third-order valence-electron chi connectivity index (χ3n) is 3.76. The lowest BCUT2D eigenvalue weighted by Crippen LogP contribution is -2.06. The summed E-state index contributed by atoms with van der Waals surface area (Å²) < 4.78 is 0. The molecule has 0 amide bonds. The molecule has 1 aliphatic carbocycles. The molecular weight excluding hydrogens is 204 g/mol. The van der Waals surface area contributed by atoms with Crippen molar-refractivity contribution in [2.24, 2.45) is 0 Å². The summed E-state index contributed by atoms with van der Waals surface area (Å²) in [7, 11) is 0. The van der Waals surface area contributed by atoms with E-state index in [1.165, 1.54) is 51.8 Å². The van der Waals surface area contributed by atoms with Crippen LogP contribution in [-0.4, -0.2) is 0 Å². The molecule has 0 bridgehead atoms. The highest BCUT2D eigenvalue weighted by molar-refractivity contribution is 5.76. The summed E-state index contributed by atoms with van der Waals surface area (Å²) >= 11 is 0. The molecule has 0 heteroatoms. The first kappa shape index (κ1) is 10.6. The third kappa shape index (κ3) is 1.68. The quantitative estimate of drug-likeness (QED) is 0.620. The number of rotatable bonds is 0. The van der Waals surface area contributed by atoms with Crippen LogP contribution >= 0.6 is 0 Å². The average Bonchev–Trinajstić information content (AvgIpc) is 2.28. The standard InChI is InChI=1S/C17H18/c1-11-4-7-16-14(9-11)5-6-15-10-12(2)8-13(3)17(15)16/h4,7-10H,5-6H2,1-3H3. The van der Waals surface area contributed by atoms with Crippen molar-refractivity contribution in [2.45, 2.75) is 33.6 Å². The minimum absolute atomic E-state index is 1.19. The van der Waals surface area contributed by atoms with Gasteiger partial charge in [0.25, 0.3) is 0 Å². The molecule has 0 spiro atoms. The fourth-order valence-electron chi connectivity index (χ4n) is 3.08. The summed E-state index contributed by atoms with van der Waals surface area (Å²) in [5.41, 5.74) is 10.2. The predicted molar refractivity (Wildman–Crippen MR) is 73.5 cm³/mol. The molecule has 0 unspecified atom stereocenters. The molecule has 0 saturated heterocycles. The molecule has 0 saturated carbocycles. The maximum absolute atomic E-state index is 2.35. The van der Waals surface area contributed by atoms with E-state index in [4.69, 9.17) is 0 Å². The topological polar surface area (TPSA) is 0 Å². The number of hydrogen-bond acceptors (Lipinski definition) is 0. The van der Waals surface area contributed by atoms with Gasteiger partial charge in [-0.25, -0.2) is 0 Å². The molecule has 0 aliphatic heterocycles. The van der Waals surface area contributed by atoms with E-state index in [1.54, 1.807) is 0 Å². The second-order valence-electron chi connectivity index (χ2n) is 5.28. The highest BCUT2D eigenvalue weighted by Crippen LogP contribution is 2.36. The Morgan fingerprint density at radius 2 is 1.47 bits per heavy atom. The van der Waals surface area contributed by atoms with Gasteiger partial charge in [0.15, 0.2) is 0 Å². The van der Waals surface area contributed by atoms with Crippen molar-refractivity contribution in [1.29, 1.82) is 0 Å². The molecule has 0 radical (unpaired) electrons. The maximum atomic E-state index is 2.35. The van der Waals surface area contributed by atoms with Gasteiger partial charge < -0.3 is 0 Å². The first-order chi connectivity index (χ1) is 8.15. The van der Waals surface area contributed by atoms with Gasteiger partial charge in [-0.3, -0.25) is 0 Å². The van der Waals surface area contributed by atoms with Crippen molar-refractivity contribution < 1.29 is 0 Å². The summed E-state index contributed by atoms with van der Waals surface area (Å²) in [5, 5.41) is 0. The third-order valence-corrected chi connectivity index (χ3v) is 3.76. The molecular formula is C17H18. The van der Waals surface area contributed by atoms with Crippen LogP contribution in [0.25, 0.3) is 11.1 Å². The molecule has 17 heavy (non-hydrogen) atoms. The Labute approximate surface area is 103 Å². The van der Waals surface area contributed by atoms with Gasteiger partial charge in [-0.15, -0.1) is 0 Å². The zero-order chi connectivity index (χ0) is 12.0. The monoisotopic (exact) mass is 222 g/mol. The van der Waals surface area contributed by atoms with Crippen LogP contribution in [0.15, 0.2) is 30.3 Å². The normalized spacial score (nSPS) is 13.1. The van der Waals surface area contributed by atoms with Crippen LogP contribution in [0.4, 0.5) is 0 Å². The number of benzene rings is 2. The minimum atomic E-state index is 1.19. The molecule has 2 aromatic carbocycles. The molecule has 0 aromatic heterocycles. The number of aryl methyl sites for hydroxylation is 5. The van der Waals surface area contributed by atoms with E-state index in [9.17, 15) is 0 Å². The van der Waals surface area contributed by atoms with Crippen LogP contribution in [0.5, 0.6) is 0 Å². The molecule has 3 rings (SSSR count). The van der Waals surface area contributed by atoms with E-state index in [0.717, 1.165) is 0 Å². The van der Waals surface area contributed by atoms with Gasteiger partial charge in [-0.1, -0.05) is 41.5 Å². The van der Waals surface area contributed by atoms with Gasteiger partial charge in [0, 0.05) is 0 Å². The first-order valence-corrected chi connectivity index (χ1v) is 6.35. The van der Waals surface area contributed by atoms with Crippen LogP contribution < -0.4 is 0 Å². The highest BCUT2D eigenvalue weighted by Gasteiger charge is 2.17. The lowest BCUT2D eigenvalue weighted by atomic mass is 9.82. The first-order valence-electron chi connectivity index (χ1n) is 6.35. The largest absolute Gasteiger partial charge is 0.0587 e. The molecule has 0 fully saturated rings. The van der Waals surface area contributed by atoms with Crippen molar-refractivity contribution in [3.05, 3.63) is 58.1 Å². The second-order valence-corrected chi connectivity index (χ2v) is 5.28. The van der Waals surface area contributed by atoms with Gasteiger partial charge in [0.05, 0.1) is 0 Å². The Morgan fingerprint density at radius 3 is 2.29 bits per heavy atom. The SMILES string of the molecule is Cc1ccc2c(c1)CCc1cc(C)cc(C)c1-2. The Kier molecular flexibility index (Phi) is 2.32. The average molecular weight is 222 g/mol. The molecule has 0 N–H and O–H groups in total. The molecule has 0 atom stereocenters. The maximum Gasteiger partial charge on any atom is -0.0120 e. The second kappa shape index (κ2) is 3.73. The summed E-state index contributed by atoms with van der Waals surface area (Å²) in [6, 6.07) is 11.5. The van der Waals surface area contributed by atoms with Gasteiger partial charge >= 0.3 is 0 Å². The Hall–Kier alpha value is -1.56. The van der Waals surface area contributed by atoms with E-state index < -0.39 is 0 Å². The van der Waals surface area contributed by atoms with E-state index in [-0.39, 0.29) is 0 Å². The lowest BCUT2D eigenvalue weighted by Gasteiger charge is -2.23. The highest BCUT2D eigenvalue weighted by atomic mass is 14.2. The molecule has 0 heterocycles. The van der Waals surface area contributed by atoms with Gasteiger partial charge in [-0.2, -0.15) is 0 Å². The molecule has 2 aromatic rings. The fourth-order valence-corrected chi connectivity index (χ4v) is 3.08. The zero-order valence-electron chi connectivity index (χ0n) is 10.8. The lowest BCUT2D eigenvalue weighted by molar-refractivity contribution is 0.934. The van der Waals surface area contributed by atoms with Crippen molar-refractivity contribution in [3.63, 3.8) is 0 Å². The number of fused-ring (bicyclic) bond motifs is 3. The Bertz CT molecular complexity index is 591. The van der Waals surface area contributed by atoms with E-state index in [2.05, 4.69) is 51.1 Å². The zero-order valence-corrected chi connectivity index (χ0v) is 10.8. The predicted octanol–water partition coefficient (Wildman–Crippen LogP) is 4.38. The number of hydrogen-bond donors (Lipinski definition) is 0. The summed E-state index contributed by atoms with van der Waals surface area (Å²) in [4.78, 5) is 0. The van der Waals surface area contributed by atoms with E-state index in [1.807, 2.05) is 0 Å². The Balaban J connectivity index is 2.29. The molecule has 86 valence electrons. The van der Waals surface area contributed by atoms with Crippen molar-refractivity contribution in [2.75, 3.05) is 0 Å². The van der Waals surface area contributed by atoms with Crippen LogP contribution in [0.1, 0.15) is 27.8 Å². The van der Waals surface area contributed by atoms with Gasteiger partial charge in [0.2, 0.25) is 0 Å². The summed E-state index contributed by atoms with van der Waals surface area (Å²) in [5.74, 6) is 0. The van der Waals surface area contributed by atoms with Gasteiger partial charge in [0.1, 0.15) is 0 Å². The molecule has 1 aliphatic rings. The van der Waals surface area contributed by atoms with Crippen LogP contribution in [-0.2, 0) is 12.8 Å². The van der Waals surface area contributed by atoms with E-state index >= 15 is 0 Å². The van der Waals surface area contributed by atoms with Crippen LogP contribution in [0.3, 0.4) is 0 Å². The Morgan fingerprint density at radius 1 is 0.765 bits per heavy atom. The minimum Gasteiger partial charge on any atom is -0.0587 e. The fraction of sp³-hybridized carbons (Fsp3) is 0.294. The van der Waals surface area contributed by atoms with Crippen molar-refractivity contribution in [3.8, 4) is 11.1 Å². The van der Waals surface area contributed by atoms with Crippen LogP contribution in [0.2, 0.25) is 0 Å². The smallest absolute Gasteiger partial charge is 0.0120 e. The van der Waals surface area contributed by atoms with Crippen molar-refractivity contribution >= 4 is 0 Å². The van der Waals surface area contributed by atoms with Gasteiger partial charge in [-0.05, 0) is 61.4 Å². The van der Waals surface area contributed by atoms with Crippen LogP contribution in [0, 0.1) is 20.8 Å². The summed E-state index contributed by atoms with van der Waals surface area (Å²) in [6.07, 6.45) is 2.38. The summed E-state index contributed by atoms with van der Waals surface area (Å²) in [6.45, 7) is 6.61. The molecule has 0 nitrogen and oxygen atoms in total. The van der Waals surface area contributed by atoms with Crippen molar-refractivity contribution in [1.82, 2.24) is 0 Å².